The van der Waals surface area contributed by atoms with E-state index in [1.165, 1.54) is 11.3 Å². The van der Waals surface area contributed by atoms with E-state index < -0.39 is 5.97 Å². The molecule has 7 heteroatoms. The predicted octanol–water partition coefficient (Wildman–Crippen LogP) is 2.57. The number of carbonyl (C=O) groups is 2. The van der Waals surface area contributed by atoms with Crippen molar-refractivity contribution in [3.05, 3.63) is 40.2 Å². The zero-order chi connectivity index (χ0) is 17.6. The van der Waals surface area contributed by atoms with Crippen LogP contribution in [0.5, 0.6) is 0 Å². The Balaban J connectivity index is 1.57. The SMILES string of the molecule is Cc1nc(-c2ccccc2)c(C(=O)OCC(=O)NC[C@H]2CCCO2)s1. The lowest BCUT2D eigenvalue weighted by molar-refractivity contribution is -0.124. The number of amides is 1. The largest absolute Gasteiger partial charge is 0.451 e. The summed E-state index contributed by atoms with van der Waals surface area (Å²) < 4.78 is 10.6. The summed E-state index contributed by atoms with van der Waals surface area (Å²) >= 11 is 1.27. The minimum absolute atomic E-state index is 0.0634. The van der Waals surface area contributed by atoms with Crippen LogP contribution in [0.15, 0.2) is 30.3 Å². The summed E-state index contributed by atoms with van der Waals surface area (Å²) in [7, 11) is 0. The van der Waals surface area contributed by atoms with Crippen LogP contribution >= 0.6 is 11.3 Å². The van der Waals surface area contributed by atoms with Crippen molar-refractivity contribution in [1.29, 1.82) is 0 Å². The van der Waals surface area contributed by atoms with Gasteiger partial charge in [-0.25, -0.2) is 9.78 Å². The number of aromatic nitrogens is 1. The van der Waals surface area contributed by atoms with Crippen LogP contribution in [-0.2, 0) is 14.3 Å². The van der Waals surface area contributed by atoms with E-state index in [-0.39, 0.29) is 18.6 Å². The second-order valence-corrected chi connectivity index (χ2v) is 7.00. The van der Waals surface area contributed by atoms with Crippen molar-refractivity contribution in [2.24, 2.45) is 0 Å². The smallest absolute Gasteiger partial charge is 0.351 e. The minimum Gasteiger partial charge on any atom is -0.451 e. The van der Waals surface area contributed by atoms with E-state index in [0.29, 0.717) is 17.1 Å². The van der Waals surface area contributed by atoms with Gasteiger partial charge in [-0.05, 0) is 19.8 Å². The molecule has 1 aromatic carbocycles. The van der Waals surface area contributed by atoms with Gasteiger partial charge < -0.3 is 14.8 Å². The maximum Gasteiger partial charge on any atom is 0.351 e. The van der Waals surface area contributed by atoms with Gasteiger partial charge in [0.05, 0.1) is 16.8 Å². The van der Waals surface area contributed by atoms with E-state index >= 15 is 0 Å². The Kier molecular flexibility index (Phi) is 5.78. The molecular formula is C18H20N2O4S. The lowest BCUT2D eigenvalue weighted by atomic mass is 10.1. The lowest BCUT2D eigenvalue weighted by Crippen LogP contribution is -2.34. The Hall–Kier alpha value is -2.25. The molecule has 6 nitrogen and oxygen atoms in total. The van der Waals surface area contributed by atoms with Gasteiger partial charge in [-0.15, -0.1) is 11.3 Å². The molecule has 0 saturated carbocycles. The molecule has 3 rings (SSSR count). The highest BCUT2D eigenvalue weighted by Gasteiger charge is 2.21. The fourth-order valence-electron chi connectivity index (χ4n) is 2.64. The monoisotopic (exact) mass is 360 g/mol. The Morgan fingerprint density at radius 2 is 2.16 bits per heavy atom. The number of nitrogens with zero attached hydrogens (tertiary/aromatic N) is 1. The molecule has 0 aliphatic carbocycles. The molecule has 0 radical (unpaired) electrons. The number of rotatable bonds is 6. The molecule has 2 heterocycles. The molecule has 1 aromatic heterocycles. The van der Waals surface area contributed by atoms with Crippen molar-refractivity contribution in [3.8, 4) is 11.3 Å². The molecule has 1 fully saturated rings. The van der Waals surface area contributed by atoms with Crippen molar-refractivity contribution in [2.45, 2.75) is 25.9 Å². The summed E-state index contributed by atoms with van der Waals surface area (Å²) in [5, 5.41) is 3.50. The van der Waals surface area contributed by atoms with Crippen molar-refractivity contribution in [1.82, 2.24) is 10.3 Å². The van der Waals surface area contributed by atoms with Crippen LogP contribution in [0.25, 0.3) is 11.3 Å². The second-order valence-electron chi connectivity index (χ2n) is 5.79. The lowest BCUT2D eigenvalue weighted by Gasteiger charge is -2.10. The maximum absolute atomic E-state index is 12.4. The fourth-order valence-corrected chi connectivity index (χ4v) is 3.47. The molecule has 1 aliphatic rings. The highest BCUT2D eigenvalue weighted by Crippen LogP contribution is 2.28. The van der Waals surface area contributed by atoms with Crippen LogP contribution in [0.2, 0.25) is 0 Å². The Bertz CT molecular complexity index is 739. The molecule has 0 unspecified atom stereocenters. The van der Waals surface area contributed by atoms with Crippen LogP contribution in [0.1, 0.15) is 27.5 Å². The molecule has 1 aliphatic heterocycles. The summed E-state index contributed by atoms with van der Waals surface area (Å²) in [6.45, 7) is 2.72. The first kappa shape index (κ1) is 17.6. The molecule has 1 atom stereocenters. The van der Waals surface area contributed by atoms with E-state index in [9.17, 15) is 9.59 Å². The van der Waals surface area contributed by atoms with Crippen molar-refractivity contribution in [2.75, 3.05) is 19.8 Å². The van der Waals surface area contributed by atoms with Crippen molar-refractivity contribution < 1.29 is 19.1 Å². The minimum atomic E-state index is -0.531. The first-order chi connectivity index (χ1) is 12.1. The number of carbonyl (C=O) groups excluding carboxylic acids is 2. The third kappa shape index (κ3) is 4.64. The summed E-state index contributed by atoms with van der Waals surface area (Å²) in [5.41, 5.74) is 1.44. The van der Waals surface area contributed by atoms with Gasteiger partial charge in [-0.2, -0.15) is 0 Å². The van der Waals surface area contributed by atoms with Gasteiger partial charge in [0.25, 0.3) is 5.91 Å². The average Bonchev–Trinajstić information content (AvgIpc) is 3.28. The normalized spacial score (nSPS) is 16.6. The summed E-state index contributed by atoms with van der Waals surface area (Å²) in [6, 6.07) is 9.45. The third-order valence-electron chi connectivity index (χ3n) is 3.85. The summed E-state index contributed by atoms with van der Waals surface area (Å²) in [4.78, 5) is 29.0. The third-order valence-corrected chi connectivity index (χ3v) is 4.80. The molecule has 1 amide bonds. The van der Waals surface area contributed by atoms with Gasteiger partial charge in [0.15, 0.2) is 6.61 Å². The number of benzene rings is 1. The van der Waals surface area contributed by atoms with E-state index in [2.05, 4.69) is 10.3 Å². The molecule has 132 valence electrons. The summed E-state index contributed by atoms with van der Waals surface area (Å²) in [5.74, 6) is -0.858. The van der Waals surface area contributed by atoms with E-state index in [0.717, 1.165) is 30.0 Å². The molecule has 1 saturated heterocycles. The first-order valence-corrected chi connectivity index (χ1v) is 9.03. The van der Waals surface area contributed by atoms with Crippen LogP contribution < -0.4 is 5.32 Å². The fraction of sp³-hybridized carbons (Fsp3) is 0.389. The van der Waals surface area contributed by atoms with Crippen LogP contribution in [0.4, 0.5) is 0 Å². The van der Waals surface area contributed by atoms with Crippen LogP contribution in [0, 0.1) is 6.92 Å². The molecule has 0 bridgehead atoms. The average molecular weight is 360 g/mol. The molecule has 2 aromatic rings. The first-order valence-electron chi connectivity index (χ1n) is 8.22. The maximum atomic E-state index is 12.4. The number of thiazole rings is 1. The Morgan fingerprint density at radius 1 is 1.36 bits per heavy atom. The van der Waals surface area contributed by atoms with Crippen LogP contribution in [0.3, 0.4) is 0 Å². The van der Waals surface area contributed by atoms with Crippen LogP contribution in [-0.4, -0.2) is 42.7 Å². The van der Waals surface area contributed by atoms with Gasteiger partial charge in [0.1, 0.15) is 4.88 Å². The number of hydrogen-bond donors (Lipinski definition) is 1. The number of esters is 1. The Labute approximate surface area is 150 Å². The van der Waals surface area contributed by atoms with Gasteiger partial charge in [-0.1, -0.05) is 30.3 Å². The molecular weight excluding hydrogens is 340 g/mol. The van der Waals surface area contributed by atoms with Crippen molar-refractivity contribution in [3.63, 3.8) is 0 Å². The van der Waals surface area contributed by atoms with E-state index in [4.69, 9.17) is 9.47 Å². The van der Waals surface area contributed by atoms with Gasteiger partial charge >= 0.3 is 5.97 Å². The van der Waals surface area contributed by atoms with E-state index in [1.807, 2.05) is 37.3 Å². The van der Waals surface area contributed by atoms with Gasteiger partial charge in [0, 0.05) is 18.7 Å². The quantitative estimate of drug-likeness (QED) is 0.801. The second kappa shape index (κ2) is 8.22. The zero-order valence-electron chi connectivity index (χ0n) is 14.0. The molecule has 0 spiro atoms. The molecule has 25 heavy (non-hydrogen) atoms. The van der Waals surface area contributed by atoms with Gasteiger partial charge in [0.2, 0.25) is 0 Å². The number of hydrogen-bond acceptors (Lipinski definition) is 6. The van der Waals surface area contributed by atoms with E-state index in [1.54, 1.807) is 0 Å². The zero-order valence-corrected chi connectivity index (χ0v) is 14.8. The highest BCUT2D eigenvalue weighted by atomic mass is 32.1. The predicted molar refractivity (Wildman–Crippen MR) is 94.6 cm³/mol. The molecule has 1 N–H and O–H groups in total. The number of aryl methyl sites for hydroxylation is 1. The number of ether oxygens (including phenoxy) is 2. The summed E-state index contributed by atoms with van der Waals surface area (Å²) in [6.07, 6.45) is 2.02. The highest BCUT2D eigenvalue weighted by molar-refractivity contribution is 7.14. The van der Waals surface area contributed by atoms with Crippen molar-refractivity contribution >= 4 is 23.2 Å². The number of nitrogens with one attached hydrogen (secondary N) is 1. The van der Waals surface area contributed by atoms with Gasteiger partial charge in [-0.3, -0.25) is 4.79 Å². The Morgan fingerprint density at radius 3 is 2.88 bits per heavy atom. The standard InChI is InChI=1S/C18H20N2O4S/c1-12-20-16(13-6-3-2-4-7-13)17(25-12)18(22)24-11-15(21)19-10-14-8-5-9-23-14/h2-4,6-7,14H,5,8-11H2,1H3,(H,19,21)/t14-/m1/s1. The topological polar surface area (TPSA) is 77.5 Å².